The first-order chi connectivity index (χ1) is 8.98. The van der Waals surface area contributed by atoms with E-state index in [9.17, 15) is 9.90 Å². The smallest absolute Gasteiger partial charge is 0.256 e. The maximum atomic E-state index is 12.4. The maximum absolute atomic E-state index is 12.4. The summed E-state index contributed by atoms with van der Waals surface area (Å²) in [6.07, 6.45) is 2.51. The topological polar surface area (TPSA) is 40.5 Å². The second kappa shape index (κ2) is 4.64. The van der Waals surface area contributed by atoms with Crippen LogP contribution in [0.3, 0.4) is 0 Å². The van der Waals surface area contributed by atoms with Crippen molar-refractivity contribution in [3.05, 3.63) is 35.4 Å². The Kier molecular flexibility index (Phi) is 3.43. The molecule has 3 nitrogen and oxygen atoms in total. The summed E-state index contributed by atoms with van der Waals surface area (Å²) in [5, 5.41) is 11.4. The quantitative estimate of drug-likeness (QED) is 0.904. The number of carbonyl (C=O) groups excluding carboxylic acids is 1. The van der Waals surface area contributed by atoms with Crippen LogP contribution in [0, 0.1) is 5.41 Å². The highest BCUT2D eigenvalue weighted by Crippen LogP contribution is 2.53. The van der Waals surface area contributed by atoms with E-state index in [-0.39, 0.29) is 11.3 Å². The van der Waals surface area contributed by atoms with Crippen LogP contribution in [0.25, 0.3) is 0 Å². The number of nitrogens with zero attached hydrogens (tertiary/aromatic N) is 1. The van der Waals surface area contributed by atoms with Crippen LogP contribution in [0.1, 0.15) is 56.0 Å². The monoisotopic (exact) mass is 261 g/mol. The summed E-state index contributed by atoms with van der Waals surface area (Å²) in [5.41, 5.74) is -0.108. The van der Waals surface area contributed by atoms with Crippen molar-refractivity contribution in [3.8, 4) is 0 Å². The largest absolute Gasteiger partial charge is 0.366 e. The molecule has 0 aromatic heterocycles. The zero-order valence-corrected chi connectivity index (χ0v) is 12.2. The molecule has 0 unspecified atom stereocenters. The Morgan fingerprint density at radius 1 is 1.16 bits per heavy atom. The lowest BCUT2D eigenvalue weighted by Crippen LogP contribution is -2.53. The van der Waals surface area contributed by atoms with Crippen LogP contribution in [0.2, 0.25) is 0 Å². The van der Waals surface area contributed by atoms with Crippen molar-refractivity contribution in [1.29, 1.82) is 0 Å². The molecule has 0 bridgehead atoms. The van der Waals surface area contributed by atoms with Gasteiger partial charge < -0.3 is 10.0 Å². The summed E-state index contributed by atoms with van der Waals surface area (Å²) < 4.78 is 0. The van der Waals surface area contributed by atoms with E-state index in [1.54, 1.807) is 13.1 Å². The van der Waals surface area contributed by atoms with Crippen LogP contribution in [0.4, 0.5) is 0 Å². The van der Waals surface area contributed by atoms with Gasteiger partial charge in [-0.25, -0.2) is 0 Å². The van der Waals surface area contributed by atoms with Gasteiger partial charge in [-0.05, 0) is 25.3 Å². The molecule has 1 amide bonds. The lowest BCUT2D eigenvalue weighted by molar-refractivity contribution is -0.176. The molecule has 1 aliphatic rings. The first kappa shape index (κ1) is 14.1. The molecule has 0 fully saturated rings. The van der Waals surface area contributed by atoms with E-state index < -0.39 is 5.72 Å². The van der Waals surface area contributed by atoms with E-state index in [0.717, 1.165) is 24.8 Å². The van der Waals surface area contributed by atoms with Gasteiger partial charge in [0.15, 0.2) is 5.72 Å². The van der Waals surface area contributed by atoms with E-state index in [1.807, 2.05) is 18.2 Å². The number of amides is 1. The molecular formula is C16H23NO2. The Bertz CT molecular complexity index is 485. The Balaban J connectivity index is 2.69. The third-order valence-electron chi connectivity index (χ3n) is 5.09. The SMILES string of the molecule is CCC(CC)(CC)[C@@]1(O)c2ccccc2C(=O)N1C. The minimum atomic E-state index is -1.20. The Labute approximate surface area is 115 Å². The molecule has 1 N–H and O–H groups in total. The Hall–Kier alpha value is -1.35. The molecule has 0 saturated carbocycles. The summed E-state index contributed by atoms with van der Waals surface area (Å²) in [6, 6.07) is 7.42. The van der Waals surface area contributed by atoms with Gasteiger partial charge in [-0.3, -0.25) is 4.79 Å². The molecule has 19 heavy (non-hydrogen) atoms. The molecule has 104 valence electrons. The Morgan fingerprint density at radius 3 is 2.21 bits per heavy atom. The van der Waals surface area contributed by atoms with E-state index in [1.165, 1.54) is 4.90 Å². The van der Waals surface area contributed by atoms with Gasteiger partial charge in [0, 0.05) is 23.6 Å². The number of fused-ring (bicyclic) bond motifs is 1. The zero-order chi connectivity index (χ0) is 14.3. The molecular weight excluding hydrogens is 238 g/mol. The van der Waals surface area contributed by atoms with Gasteiger partial charge in [-0.1, -0.05) is 39.0 Å². The number of hydrogen-bond donors (Lipinski definition) is 1. The van der Waals surface area contributed by atoms with E-state index >= 15 is 0 Å². The normalized spacial score (nSPS) is 22.8. The second-order valence-electron chi connectivity index (χ2n) is 5.42. The maximum Gasteiger partial charge on any atom is 0.256 e. The van der Waals surface area contributed by atoms with Gasteiger partial charge in [0.1, 0.15) is 0 Å². The minimum absolute atomic E-state index is 0.0853. The van der Waals surface area contributed by atoms with Gasteiger partial charge >= 0.3 is 0 Å². The van der Waals surface area contributed by atoms with Crippen molar-refractivity contribution in [2.45, 2.75) is 45.8 Å². The van der Waals surface area contributed by atoms with E-state index in [0.29, 0.717) is 5.56 Å². The van der Waals surface area contributed by atoms with Crippen molar-refractivity contribution in [3.63, 3.8) is 0 Å². The molecule has 0 spiro atoms. The first-order valence-corrected chi connectivity index (χ1v) is 7.08. The van der Waals surface area contributed by atoms with Crippen LogP contribution in [0.5, 0.6) is 0 Å². The molecule has 1 heterocycles. The van der Waals surface area contributed by atoms with Crippen LogP contribution in [0.15, 0.2) is 24.3 Å². The molecule has 1 atom stereocenters. The fourth-order valence-corrected chi connectivity index (χ4v) is 3.61. The molecule has 0 saturated heterocycles. The summed E-state index contributed by atoms with van der Waals surface area (Å²) in [5.74, 6) is -0.0853. The summed E-state index contributed by atoms with van der Waals surface area (Å²) in [6.45, 7) is 6.26. The average Bonchev–Trinajstić information content (AvgIpc) is 2.65. The number of carbonyl (C=O) groups is 1. The van der Waals surface area contributed by atoms with Crippen molar-refractivity contribution >= 4 is 5.91 Å². The highest BCUT2D eigenvalue weighted by Gasteiger charge is 2.57. The third-order valence-corrected chi connectivity index (χ3v) is 5.09. The highest BCUT2D eigenvalue weighted by molar-refractivity contribution is 5.99. The number of benzene rings is 1. The van der Waals surface area contributed by atoms with Crippen LogP contribution >= 0.6 is 0 Å². The number of hydrogen-bond acceptors (Lipinski definition) is 2. The van der Waals surface area contributed by atoms with Crippen molar-refractivity contribution in [2.75, 3.05) is 7.05 Å². The van der Waals surface area contributed by atoms with Gasteiger partial charge in [0.05, 0.1) is 0 Å². The molecule has 1 aliphatic heterocycles. The van der Waals surface area contributed by atoms with Crippen molar-refractivity contribution in [2.24, 2.45) is 5.41 Å². The summed E-state index contributed by atoms with van der Waals surface area (Å²) >= 11 is 0. The highest BCUT2D eigenvalue weighted by atomic mass is 16.3. The van der Waals surface area contributed by atoms with Crippen LogP contribution in [-0.4, -0.2) is 23.0 Å². The predicted molar refractivity (Wildman–Crippen MR) is 75.7 cm³/mol. The van der Waals surface area contributed by atoms with Crippen LogP contribution < -0.4 is 0 Å². The van der Waals surface area contributed by atoms with E-state index in [4.69, 9.17) is 0 Å². The molecule has 0 radical (unpaired) electrons. The van der Waals surface area contributed by atoms with Crippen LogP contribution in [-0.2, 0) is 5.72 Å². The fourth-order valence-electron chi connectivity index (χ4n) is 3.61. The predicted octanol–water partition coefficient (Wildman–Crippen LogP) is 3.13. The zero-order valence-electron chi connectivity index (χ0n) is 12.2. The standard InChI is InChI=1S/C16H23NO2/c1-5-15(6-2,7-3)16(19)13-11-9-8-10-12(13)14(18)17(16)4/h8-11,19H,5-7H2,1-4H3/t16-/m0/s1. The minimum Gasteiger partial charge on any atom is -0.366 e. The second-order valence-corrected chi connectivity index (χ2v) is 5.42. The number of rotatable bonds is 4. The lowest BCUT2D eigenvalue weighted by Gasteiger charge is -2.48. The molecule has 0 aliphatic carbocycles. The van der Waals surface area contributed by atoms with Crippen molar-refractivity contribution in [1.82, 2.24) is 4.90 Å². The number of aliphatic hydroxyl groups is 1. The molecule has 1 aromatic rings. The van der Waals surface area contributed by atoms with E-state index in [2.05, 4.69) is 20.8 Å². The summed E-state index contributed by atoms with van der Waals surface area (Å²) in [4.78, 5) is 13.9. The Morgan fingerprint density at radius 2 is 1.68 bits per heavy atom. The average molecular weight is 261 g/mol. The van der Waals surface area contributed by atoms with Gasteiger partial charge in [0.25, 0.3) is 5.91 Å². The van der Waals surface area contributed by atoms with Gasteiger partial charge in [0.2, 0.25) is 0 Å². The fraction of sp³-hybridized carbons (Fsp3) is 0.562. The molecule has 3 heteroatoms. The first-order valence-electron chi connectivity index (χ1n) is 7.08. The lowest BCUT2D eigenvalue weighted by atomic mass is 9.68. The van der Waals surface area contributed by atoms with Crippen molar-refractivity contribution < 1.29 is 9.90 Å². The third kappa shape index (κ3) is 1.57. The molecule has 2 rings (SSSR count). The van der Waals surface area contributed by atoms with Gasteiger partial charge in [-0.2, -0.15) is 0 Å². The summed E-state index contributed by atoms with van der Waals surface area (Å²) in [7, 11) is 1.71. The van der Waals surface area contributed by atoms with Gasteiger partial charge in [-0.15, -0.1) is 0 Å². The molecule has 1 aromatic carbocycles.